The number of nitrogens with one attached hydrogen (secondary N) is 1. The number of benzene rings is 1. The van der Waals surface area contributed by atoms with Gasteiger partial charge in [0.25, 0.3) is 0 Å². The number of aromatic amines is 1. The minimum absolute atomic E-state index is 0.306. The van der Waals surface area contributed by atoms with E-state index in [4.69, 9.17) is 9.84 Å². The highest BCUT2D eigenvalue weighted by Gasteiger charge is 2.35. The van der Waals surface area contributed by atoms with E-state index in [9.17, 15) is 4.79 Å². The number of aromatic nitrogens is 2. The molecule has 5 rings (SSSR count). The van der Waals surface area contributed by atoms with Crippen molar-refractivity contribution in [2.45, 2.75) is 38.9 Å². The number of nitrogens with zero attached hydrogens (tertiary/aromatic N) is 3. The van der Waals surface area contributed by atoms with Gasteiger partial charge in [0.15, 0.2) is 6.61 Å². The molecule has 3 aliphatic heterocycles. The average Bonchev–Trinajstić information content (AvgIpc) is 2.88. The van der Waals surface area contributed by atoms with Gasteiger partial charge in [-0.15, -0.1) is 0 Å². The van der Waals surface area contributed by atoms with Crippen LogP contribution in [0.1, 0.15) is 29.8 Å². The molecule has 3 fully saturated rings. The number of rotatable bonds is 7. The monoisotopic (exact) mass is 384 g/mol. The standard InChI is InChI=1S/C21H28N4O3/c1-15-19(23-14-22-15)12-24-8-16-6-7-18(11-24)25(9-16)10-17-4-2-3-5-20(17)28-13-21(26)27/h2-5,14,16,18H,6-13H2,1H3,(H,22,23)(H,26,27)/t16-,18+/m1/s1. The number of carbonyl (C=O) groups is 1. The van der Waals surface area contributed by atoms with Crippen molar-refractivity contribution in [3.63, 3.8) is 0 Å². The molecular weight excluding hydrogens is 356 g/mol. The van der Waals surface area contributed by atoms with Crippen LogP contribution >= 0.6 is 0 Å². The Balaban J connectivity index is 1.44. The Morgan fingerprint density at radius 1 is 1.25 bits per heavy atom. The van der Waals surface area contributed by atoms with Crippen molar-refractivity contribution in [1.82, 2.24) is 19.8 Å². The number of carboxylic acid groups (broad SMARTS) is 1. The lowest BCUT2D eigenvalue weighted by molar-refractivity contribution is -0.139. The number of imidazole rings is 1. The normalized spacial score (nSPS) is 22.9. The van der Waals surface area contributed by atoms with Crippen LogP contribution in [-0.2, 0) is 17.9 Å². The maximum absolute atomic E-state index is 10.9. The Morgan fingerprint density at radius 2 is 2.11 bits per heavy atom. The fourth-order valence-corrected chi connectivity index (χ4v) is 4.49. The van der Waals surface area contributed by atoms with Crippen LogP contribution in [-0.4, -0.2) is 63.1 Å². The molecule has 0 saturated carbocycles. The zero-order valence-corrected chi connectivity index (χ0v) is 16.3. The fraction of sp³-hybridized carbons (Fsp3) is 0.524. The maximum Gasteiger partial charge on any atom is 0.341 e. The number of ether oxygens (including phenoxy) is 1. The van der Waals surface area contributed by atoms with E-state index in [-0.39, 0.29) is 6.61 Å². The molecule has 4 heterocycles. The van der Waals surface area contributed by atoms with Gasteiger partial charge in [0.05, 0.1) is 12.0 Å². The highest BCUT2D eigenvalue weighted by molar-refractivity contribution is 5.68. The summed E-state index contributed by atoms with van der Waals surface area (Å²) in [6, 6.07) is 8.29. The summed E-state index contributed by atoms with van der Waals surface area (Å²) < 4.78 is 5.51. The van der Waals surface area contributed by atoms with Crippen LogP contribution in [0.5, 0.6) is 5.75 Å². The molecule has 7 heteroatoms. The first-order chi connectivity index (χ1) is 13.6. The van der Waals surface area contributed by atoms with Crippen molar-refractivity contribution in [2.24, 2.45) is 5.92 Å². The Bertz CT molecular complexity index is 821. The first-order valence-corrected chi connectivity index (χ1v) is 9.96. The summed E-state index contributed by atoms with van der Waals surface area (Å²) in [5, 5.41) is 8.92. The molecule has 0 radical (unpaired) electrons. The van der Waals surface area contributed by atoms with E-state index < -0.39 is 5.97 Å². The number of aryl methyl sites for hydroxylation is 1. The van der Waals surface area contributed by atoms with Crippen molar-refractivity contribution in [2.75, 3.05) is 26.2 Å². The van der Waals surface area contributed by atoms with Gasteiger partial charge < -0.3 is 14.8 Å². The number of H-pyrrole nitrogens is 1. The molecule has 2 aromatic rings. The van der Waals surface area contributed by atoms with Crippen LogP contribution in [0.2, 0.25) is 0 Å². The van der Waals surface area contributed by atoms with Gasteiger partial charge in [-0.25, -0.2) is 9.78 Å². The molecule has 2 bridgehead atoms. The molecule has 0 aliphatic carbocycles. The van der Waals surface area contributed by atoms with Gasteiger partial charge in [0.2, 0.25) is 0 Å². The molecule has 0 spiro atoms. The fourth-order valence-electron chi connectivity index (χ4n) is 4.49. The third-order valence-electron chi connectivity index (χ3n) is 5.91. The van der Waals surface area contributed by atoms with Crippen molar-refractivity contribution in [3.05, 3.63) is 47.5 Å². The van der Waals surface area contributed by atoms with Crippen molar-refractivity contribution in [3.8, 4) is 5.75 Å². The molecule has 2 atom stereocenters. The summed E-state index contributed by atoms with van der Waals surface area (Å²) in [5.41, 5.74) is 3.35. The molecule has 2 N–H and O–H groups in total. The van der Waals surface area contributed by atoms with Crippen LogP contribution in [0.3, 0.4) is 0 Å². The Hall–Kier alpha value is -2.38. The summed E-state index contributed by atoms with van der Waals surface area (Å²) in [6.45, 7) is 6.70. The first kappa shape index (κ1) is 19.0. The SMILES string of the molecule is Cc1[nH]cnc1CN1C[C@H]2CC[C@@H](C1)N(Cc1ccccc1OCC(=O)O)C2. The summed E-state index contributed by atoms with van der Waals surface area (Å²) in [7, 11) is 0. The van der Waals surface area contributed by atoms with Crippen molar-refractivity contribution in [1.29, 1.82) is 0 Å². The van der Waals surface area contributed by atoms with Gasteiger partial charge in [-0.2, -0.15) is 0 Å². The van der Waals surface area contributed by atoms with E-state index in [1.165, 1.54) is 12.8 Å². The predicted molar refractivity (Wildman–Crippen MR) is 105 cm³/mol. The maximum atomic E-state index is 10.9. The van der Waals surface area contributed by atoms with E-state index in [1.807, 2.05) is 24.3 Å². The highest BCUT2D eigenvalue weighted by Crippen LogP contribution is 2.31. The van der Waals surface area contributed by atoms with E-state index in [0.29, 0.717) is 17.7 Å². The van der Waals surface area contributed by atoms with Crippen LogP contribution in [0.15, 0.2) is 30.6 Å². The minimum Gasteiger partial charge on any atom is -0.482 e. The molecule has 28 heavy (non-hydrogen) atoms. The topological polar surface area (TPSA) is 81.7 Å². The third-order valence-corrected chi connectivity index (χ3v) is 5.91. The van der Waals surface area contributed by atoms with E-state index >= 15 is 0 Å². The average molecular weight is 384 g/mol. The van der Waals surface area contributed by atoms with Crippen LogP contribution in [0.25, 0.3) is 0 Å². The summed E-state index contributed by atoms with van der Waals surface area (Å²) >= 11 is 0. The quantitative estimate of drug-likeness (QED) is 0.762. The van der Waals surface area contributed by atoms with E-state index in [2.05, 4.69) is 26.7 Å². The number of hydrogen-bond acceptors (Lipinski definition) is 5. The largest absolute Gasteiger partial charge is 0.482 e. The zero-order valence-electron chi connectivity index (χ0n) is 16.3. The van der Waals surface area contributed by atoms with Gasteiger partial charge >= 0.3 is 5.97 Å². The molecule has 0 amide bonds. The van der Waals surface area contributed by atoms with E-state index in [0.717, 1.165) is 49.7 Å². The third kappa shape index (κ3) is 4.36. The number of fused-ring (bicyclic) bond motifs is 4. The zero-order chi connectivity index (χ0) is 19.5. The molecule has 1 aromatic carbocycles. The van der Waals surface area contributed by atoms with Crippen molar-refractivity contribution < 1.29 is 14.6 Å². The van der Waals surface area contributed by atoms with Gasteiger partial charge in [0.1, 0.15) is 5.75 Å². The molecular formula is C21H28N4O3. The second-order valence-corrected chi connectivity index (χ2v) is 7.99. The van der Waals surface area contributed by atoms with Gasteiger partial charge in [-0.3, -0.25) is 9.80 Å². The lowest BCUT2D eigenvalue weighted by Crippen LogP contribution is -2.43. The molecule has 3 aliphatic rings. The van der Waals surface area contributed by atoms with Gasteiger partial charge in [-0.05, 0) is 31.7 Å². The molecule has 0 unspecified atom stereocenters. The molecule has 1 aromatic heterocycles. The summed E-state index contributed by atoms with van der Waals surface area (Å²) in [4.78, 5) is 23.6. The van der Waals surface area contributed by atoms with Crippen LogP contribution in [0, 0.1) is 12.8 Å². The Labute approximate surface area is 165 Å². The minimum atomic E-state index is -0.951. The lowest BCUT2D eigenvalue weighted by atomic mass is 9.94. The number of carboxylic acids is 1. The van der Waals surface area contributed by atoms with Crippen LogP contribution in [0.4, 0.5) is 0 Å². The second-order valence-electron chi connectivity index (χ2n) is 7.99. The first-order valence-electron chi connectivity index (χ1n) is 9.96. The van der Waals surface area contributed by atoms with Crippen LogP contribution < -0.4 is 4.74 Å². The summed E-state index contributed by atoms with van der Waals surface area (Å²) in [5.74, 6) is 0.382. The highest BCUT2D eigenvalue weighted by atomic mass is 16.5. The second kappa shape index (κ2) is 8.32. The lowest BCUT2D eigenvalue weighted by Gasteiger charge is -2.36. The summed E-state index contributed by atoms with van der Waals surface area (Å²) in [6.07, 6.45) is 4.25. The smallest absolute Gasteiger partial charge is 0.341 e. The molecule has 150 valence electrons. The number of aliphatic carboxylic acids is 1. The van der Waals surface area contributed by atoms with Gasteiger partial charge in [0, 0.05) is 50.0 Å². The predicted octanol–water partition coefficient (Wildman–Crippen LogP) is 2.28. The van der Waals surface area contributed by atoms with Crippen molar-refractivity contribution >= 4 is 5.97 Å². The Morgan fingerprint density at radius 3 is 2.89 bits per heavy atom. The molecule has 7 nitrogen and oxygen atoms in total. The molecule has 3 saturated heterocycles. The number of hydrogen-bond donors (Lipinski definition) is 2. The number of piperidine rings is 1. The van der Waals surface area contributed by atoms with Gasteiger partial charge in [-0.1, -0.05) is 18.2 Å². The number of para-hydroxylation sites is 1. The Kier molecular flexibility index (Phi) is 5.64. The van der Waals surface area contributed by atoms with E-state index in [1.54, 1.807) is 6.33 Å².